The minimum absolute atomic E-state index is 0.0807. The fourth-order valence-corrected chi connectivity index (χ4v) is 1.84. The van der Waals surface area contributed by atoms with Gasteiger partial charge < -0.3 is 0 Å². The Balaban J connectivity index is 2.64. The Kier molecular flexibility index (Phi) is 4.33. The number of pyridine rings is 1. The molecule has 2 N–H and O–H groups in total. The lowest BCUT2D eigenvalue weighted by molar-refractivity contribution is -0.121. The first-order valence-corrected chi connectivity index (χ1v) is 6.41. The second kappa shape index (κ2) is 5.19. The maximum atomic E-state index is 11.8. The van der Waals surface area contributed by atoms with Crippen LogP contribution in [0.15, 0.2) is 22.8 Å². The molecule has 0 saturated heterocycles. The predicted octanol–water partition coefficient (Wildman–Crippen LogP) is 1.65. The quantitative estimate of drug-likeness (QED) is 0.880. The molecule has 0 aliphatic heterocycles. The molecule has 0 spiro atoms. The molecule has 0 fully saturated rings. The summed E-state index contributed by atoms with van der Waals surface area (Å²) in [6.45, 7) is -1.64. The molecule has 1 aromatic heterocycles. The van der Waals surface area contributed by atoms with Crippen molar-refractivity contribution in [2.45, 2.75) is 6.18 Å². The molecular formula is C7H7BrF3N3O2S. The van der Waals surface area contributed by atoms with Crippen molar-refractivity contribution in [3.8, 4) is 0 Å². The summed E-state index contributed by atoms with van der Waals surface area (Å²) in [7, 11) is -4.28. The van der Waals surface area contributed by atoms with Gasteiger partial charge in [0.15, 0.2) is 0 Å². The molecule has 0 amide bonds. The third-order valence-corrected chi connectivity index (χ3v) is 2.90. The van der Waals surface area contributed by atoms with Gasteiger partial charge in [-0.1, -0.05) is 0 Å². The number of nitrogens with zero attached hydrogens (tertiary/aromatic N) is 1. The summed E-state index contributed by atoms with van der Waals surface area (Å²) >= 11 is 3.08. The Bertz CT molecular complexity index is 474. The first kappa shape index (κ1) is 14.2. The zero-order valence-corrected chi connectivity index (χ0v) is 10.5. The van der Waals surface area contributed by atoms with E-state index >= 15 is 0 Å². The molecule has 0 aliphatic carbocycles. The van der Waals surface area contributed by atoms with Gasteiger partial charge >= 0.3 is 16.4 Å². The summed E-state index contributed by atoms with van der Waals surface area (Å²) in [5.74, 6) is -0.0807. The second-order valence-corrected chi connectivity index (χ2v) is 5.32. The molecule has 0 aliphatic rings. The summed E-state index contributed by atoms with van der Waals surface area (Å²) in [5, 5.41) is 0. The van der Waals surface area contributed by atoms with Gasteiger partial charge in [-0.2, -0.15) is 26.3 Å². The molecule has 1 rings (SSSR count). The van der Waals surface area contributed by atoms with Gasteiger partial charge in [-0.25, -0.2) is 4.98 Å². The molecule has 17 heavy (non-hydrogen) atoms. The van der Waals surface area contributed by atoms with E-state index in [1.165, 1.54) is 23.1 Å². The summed E-state index contributed by atoms with van der Waals surface area (Å²) in [6, 6.07) is 2.80. The highest BCUT2D eigenvalue weighted by Gasteiger charge is 2.29. The highest BCUT2D eigenvalue weighted by molar-refractivity contribution is 9.10. The van der Waals surface area contributed by atoms with Gasteiger partial charge in [-0.15, -0.1) is 0 Å². The van der Waals surface area contributed by atoms with E-state index < -0.39 is 22.9 Å². The molecule has 0 radical (unpaired) electrons. The Morgan fingerprint density at radius 2 is 2.00 bits per heavy atom. The fourth-order valence-electron chi connectivity index (χ4n) is 0.787. The molecular weight excluding hydrogens is 327 g/mol. The molecule has 0 bridgehead atoms. The van der Waals surface area contributed by atoms with Gasteiger partial charge in [0.1, 0.15) is 12.4 Å². The van der Waals surface area contributed by atoms with E-state index in [2.05, 4.69) is 20.9 Å². The van der Waals surface area contributed by atoms with Crippen molar-refractivity contribution in [3.63, 3.8) is 0 Å². The van der Waals surface area contributed by atoms with Crippen LogP contribution in [0.4, 0.5) is 19.0 Å². The maximum absolute atomic E-state index is 11.8. The molecule has 0 atom stereocenters. The van der Waals surface area contributed by atoms with Crippen LogP contribution in [-0.4, -0.2) is 26.1 Å². The fraction of sp³-hybridized carbons (Fsp3) is 0.286. The van der Waals surface area contributed by atoms with Crippen LogP contribution in [0, 0.1) is 0 Å². The summed E-state index contributed by atoms with van der Waals surface area (Å²) in [5.41, 5.74) is 0. The van der Waals surface area contributed by atoms with E-state index in [0.29, 0.717) is 4.47 Å². The molecule has 0 aromatic carbocycles. The molecule has 1 aromatic rings. The number of nitrogens with one attached hydrogen (secondary N) is 2. The van der Waals surface area contributed by atoms with Crippen LogP contribution in [0.1, 0.15) is 0 Å². The predicted molar refractivity (Wildman–Crippen MR) is 58.5 cm³/mol. The second-order valence-electron chi connectivity index (χ2n) is 2.90. The zero-order valence-electron chi connectivity index (χ0n) is 8.12. The van der Waals surface area contributed by atoms with E-state index in [1.807, 2.05) is 4.72 Å². The van der Waals surface area contributed by atoms with E-state index in [4.69, 9.17) is 0 Å². The topological polar surface area (TPSA) is 71.1 Å². The highest BCUT2D eigenvalue weighted by atomic mass is 79.9. The van der Waals surface area contributed by atoms with Crippen molar-refractivity contribution in [2.75, 3.05) is 11.3 Å². The molecule has 1 heterocycles. The van der Waals surface area contributed by atoms with Crippen LogP contribution in [0.3, 0.4) is 0 Å². The van der Waals surface area contributed by atoms with Crippen molar-refractivity contribution in [2.24, 2.45) is 0 Å². The number of anilines is 1. The number of hydrogen-bond acceptors (Lipinski definition) is 3. The summed E-state index contributed by atoms with van der Waals surface area (Å²) < 4.78 is 61.5. The number of aromatic nitrogens is 1. The third-order valence-electron chi connectivity index (χ3n) is 1.43. The Morgan fingerprint density at radius 1 is 1.35 bits per heavy atom. The molecule has 5 nitrogen and oxygen atoms in total. The lowest BCUT2D eigenvalue weighted by atomic mass is 10.5. The molecule has 0 unspecified atom stereocenters. The van der Waals surface area contributed by atoms with E-state index in [-0.39, 0.29) is 5.82 Å². The van der Waals surface area contributed by atoms with Gasteiger partial charge in [-0.3, -0.25) is 4.72 Å². The average molecular weight is 334 g/mol. The van der Waals surface area contributed by atoms with Crippen LogP contribution < -0.4 is 9.44 Å². The van der Waals surface area contributed by atoms with Crippen molar-refractivity contribution in [1.82, 2.24) is 9.71 Å². The van der Waals surface area contributed by atoms with Crippen LogP contribution in [0.5, 0.6) is 0 Å². The number of halogens is 4. The van der Waals surface area contributed by atoms with Crippen LogP contribution >= 0.6 is 15.9 Å². The summed E-state index contributed by atoms with van der Waals surface area (Å²) in [6.07, 6.45) is -3.30. The van der Waals surface area contributed by atoms with Crippen LogP contribution in [0.2, 0.25) is 0 Å². The highest BCUT2D eigenvalue weighted by Crippen LogP contribution is 2.14. The number of rotatable bonds is 4. The van der Waals surface area contributed by atoms with E-state index in [1.54, 1.807) is 0 Å². The summed E-state index contributed by atoms with van der Waals surface area (Å²) in [4.78, 5) is 3.65. The van der Waals surface area contributed by atoms with E-state index in [9.17, 15) is 21.6 Å². The van der Waals surface area contributed by atoms with Gasteiger partial charge in [0.05, 0.1) is 0 Å². The number of hydrogen-bond donors (Lipinski definition) is 2. The Labute approximate surface area is 104 Å². The largest absolute Gasteiger partial charge is 0.402 e. The minimum atomic E-state index is -4.61. The monoisotopic (exact) mass is 333 g/mol. The Morgan fingerprint density at radius 3 is 2.47 bits per heavy atom. The average Bonchev–Trinajstić information content (AvgIpc) is 2.18. The number of alkyl halides is 3. The smallest absolute Gasteiger partial charge is 0.255 e. The first-order chi connectivity index (χ1) is 7.68. The third kappa shape index (κ3) is 5.84. The van der Waals surface area contributed by atoms with Crippen LogP contribution in [-0.2, 0) is 10.2 Å². The molecule has 96 valence electrons. The van der Waals surface area contributed by atoms with Crippen molar-refractivity contribution in [1.29, 1.82) is 0 Å². The van der Waals surface area contributed by atoms with E-state index in [0.717, 1.165) is 0 Å². The van der Waals surface area contributed by atoms with Gasteiger partial charge in [0.25, 0.3) is 0 Å². The van der Waals surface area contributed by atoms with Crippen LogP contribution in [0.25, 0.3) is 0 Å². The van der Waals surface area contributed by atoms with Gasteiger partial charge in [0, 0.05) is 10.7 Å². The Hall–Kier alpha value is -0.870. The van der Waals surface area contributed by atoms with Crippen molar-refractivity contribution in [3.05, 3.63) is 22.8 Å². The first-order valence-electron chi connectivity index (χ1n) is 4.14. The lowest BCUT2D eigenvalue weighted by Gasteiger charge is -2.10. The van der Waals surface area contributed by atoms with Gasteiger partial charge in [-0.05, 0) is 28.1 Å². The zero-order chi connectivity index (χ0) is 13.1. The molecule has 10 heteroatoms. The minimum Gasteiger partial charge on any atom is -0.255 e. The van der Waals surface area contributed by atoms with Crippen molar-refractivity contribution < 1.29 is 21.6 Å². The molecule has 0 saturated carbocycles. The lowest BCUT2D eigenvalue weighted by Crippen LogP contribution is -2.37. The van der Waals surface area contributed by atoms with Gasteiger partial charge in [0.2, 0.25) is 0 Å². The normalized spacial score (nSPS) is 12.5. The SMILES string of the molecule is O=S(=O)(NCC(F)(F)F)Nc1ccc(Br)cn1. The standard InChI is InChI=1S/C7H7BrF3N3O2S/c8-5-1-2-6(12-3-5)14-17(15,16)13-4-7(9,10)11/h1-3,13H,4H2,(H,12,14). The van der Waals surface area contributed by atoms with Crippen molar-refractivity contribution >= 4 is 32.0 Å². The maximum Gasteiger partial charge on any atom is 0.402 e.